The summed E-state index contributed by atoms with van der Waals surface area (Å²) in [4.78, 5) is 25.5. The van der Waals surface area contributed by atoms with Crippen molar-refractivity contribution in [3.8, 4) is 11.5 Å². The number of benzene rings is 2. The summed E-state index contributed by atoms with van der Waals surface area (Å²) in [6.07, 6.45) is 4.00. The zero-order valence-corrected chi connectivity index (χ0v) is 20.3. The minimum atomic E-state index is -0.800. The van der Waals surface area contributed by atoms with Crippen molar-refractivity contribution in [1.29, 1.82) is 0 Å². The van der Waals surface area contributed by atoms with Crippen LogP contribution in [0.5, 0.6) is 11.5 Å². The summed E-state index contributed by atoms with van der Waals surface area (Å²) in [7, 11) is 1.59. The van der Waals surface area contributed by atoms with Crippen molar-refractivity contribution in [3.05, 3.63) is 64.1 Å². The molecule has 3 rings (SSSR count). The zero-order chi connectivity index (χ0) is 23.8. The summed E-state index contributed by atoms with van der Waals surface area (Å²) < 4.78 is 11.9. The van der Waals surface area contributed by atoms with Crippen LogP contribution in [-0.4, -0.2) is 39.9 Å². The summed E-state index contributed by atoms with van der Waals surface area (Å²) in [6.45, 7) is 2.97. The number of nitrogens with zero attached hydrogens (tertiary/aromatic N) is 1. The first-order chi connectivity index (χ1) is 15.9. The molecule has 6 nitrogen and oxygen atoms in total. The average Bonchev–Trinajstić information content (AvgIpc) is 3.05. The van der Waals surface area contributed by atoms with Gasteiger partial charge >= 0.3 is 5.97 Å². The number of carboxylic acids is 1. The van der Waals surface area contributed by atoms with E-state index < -0.39 is 5.97 Å². The second-order valence-corrected chi connectivity index (χ2v) is 9.40. The van der Waals surface area contributed by atoms with Crippen LogP contribution in [0.3, 0.4) is 0 Å². The van der Waals surface area contributed by atoms with Crippen molar-refractivity contribution in [1.82, 2.24) is 4.90 Å². The van der Waals surface area contributed by atoms with Gasteiger partial charge < -0.3 is 14.6 Å². The van der Waals surface area contributed by atoms with Gasteiger partial charge in [-0.3, -0.25) is 14.5 Å². The molecule has 0 atom stereocenters. The summed E-state index contributed by atoms with van der Waals surface area (Å²) >= 11 is 6.65. The van der Waals surface area contributed by atoms with Crippen LogP contribution in [0.2, 0.25) is 0 Å². The Morgan fingerprint density at radius 1 is 1.12 bits per heavy atom. The number of hydrogen-bond acceptors (Lipinski definition) is 6. The number of carbonyl (C=O) groups is 2. The van der Waals surface area contributed by atoms with E-state index >= 15 is 0 Å². The van der Waals surface area contributed by atoms with E-state index in [0.29, 0.717) is 46.7 Å². The molecule has 2 aromatic rings. The molecular formula is C25H27NO5S2. The Labute approximate surface area is 203 Å². The number of methoxy groups -OCH3 is 1. The minimum Gasteiger partial charge on any atom is -0.493 e. The number of rotatable bonds is 11. The average molecular weight is 486 g/mol. The maximum absolute atomic E-state index is 12.8. The Balaban J connectivity index is 1.62. The van der Waals surface area contributed by atoms with Gasteiger partial charge in [0.1, 0.15) is 10.9 Å². The van der Waals surface area contributed by atoms with E-state index in [1.165, 1.54) is 17.3 Å². The normalized spacial score (nSPS) is 14.7. The third-order valence-corrected chi connectivity index (χ3v) is 6.52. The van der Waals surface area contributed by atoms with Crippen LogP contribution in [0.25, 0.3) is 6.08 Å². The van der Waals surface area contributed by atoms with Crippen molar-refractivity contribution in [2.75, 3.05) is 13.7 Å². The topological polar surface area (TPSA) is 76.1 Å². The molecule has 0 aromatic heterocycles. The van der Waals surface area contributed by atoms with E-state index in [2.05, 4.69) is 0 Å². The quantitative estimate of drug-likeness (QED) is 0.258. The summed E-state index contributed by atoms with van der Waals surface area (Å²) in [5.74, 6) is 0.293. The zero-order valence-electron chi connectivity index (χ0n) is 18.7. The fourth-order valence-corrected chi connectivity index (χ4v) is 4.61. The molecule has 1 amide bonds. The first-order valence-corrected chi connectivity index (χ1v) is 11.9. The van der Waals surface area contributed by atoms with Crippen LogP contribution >= 0.6 is 24.0 Å². The number of hydrogen-bond donors (Lipinski definition) is 1. The third kappa shape index (κ3) is 7.07. The van der Waals surface area contributed by atoms with Gasteiger partial charge in [-0.1, -0.05) is 66.3 Å². The predicted octanol–water partition coefficient (Wildman–Crippen LogP) is 5.43. The Hall–Kier alpha value is -2.84. The van der Waals surface area contributed by atoms with Crippen LogP contribution in [0, 0.1) is 6.92 Å². The molecule has 1 saturated heterocycles. The van der Waals surface area contributed by atoms with Gasteiger partial charge in [-0.2, -0.15) is 0 Å². The number of unbranched alkanes of at least 4 members (excludes halogenated alkanes) is 2. The summed E-state index contributed by atoms with van der Waals surface area (Å²) in [5, 5.41) is 8.72. The molecule has 1 fully saturated rings. The van der Waals surface area contributed by atoms with Crippen molar-refractivity contribution >= 4 is 46.3 Å². The lowest BCUT2D eigenvalue weighted by Gasteiger charge is -2.14. The van der Waals surface area contributed by atoms with E-state index in [9.17, 15) is 9.59 Å². The second kappa shape index (κ2) is 11.9. The molecule has 0 aliphatic carbocycles. The molecule has 174 valence electrons. The number of aryl methyl sites for hydroxylation is 1. The number of carbonyl (C=O) groups excluding carboxylic acids is 1. The van der Waals surface area contributed by atoms with Crippen LogP contribution in [-0.2, 0) is 16.2 Å². The molecule has 1 aliphatic heterocycles. The van der Waals surface area contributed by atoms with Gasteiger partial charge in [-0.25, -0.2) is 0 Å². The highest BCUT2D eigenvalue weighted by atomic mass is 32.2. The fraction of sp³-hybridized carbons (Fsp3) is 0.320. The van der Waals surface area contributed by atoms with Gasteiger partial charge in [0.2, 0.25) is 0 Å². The molecule has 8 heteroatoms. The van der Waals surface area contributed by atoms with Gasteiger partial charge in [0.15, 0.2) is 11.5 Å². The molecule has 0 bridgehead atoms. The predicted molar refractivity (Wildman–Crippen MR) is 134 cm³/mol. The maximum atomic E-state index is 12.8. The molecule has 0 radical (unpaired) electrons. The highest BCUT2D eigenvalue weighted by Gasteiger charge is 2.31. The van der Waals surface area contributed by atoms with Gasteiger partial charge in [0.05, 0.1) is 12.0 Å². The first kappa shape index (κ1) is 24.8. The molecule has 1 N–H and O–H groups in total. The molecule has 33 heavy (non-hydrogen) atoms. The van der Waals surface area contributed by atoms with Gasteiger partial charge in [-0.05, 0) is 49.1 Å². The molecule has 2 aromatic carbocycles. The SMILES string of the molecule is COc1cc(/C=C2\SC(=S)N(CCCCCC(=O)O)C2=O)ccc1OCc1ccc(C)cc1. The Bertz CT molecular complexity index is 1050. The van der Waals surface area contributed by atoms with E-state index in [1.54, 1.807) is 18.1 Å². The number of aliphatic carboxylic acids is 1. The maximum Gasteiger partial charge on any atom is 0.303 e. The standard InChI is InChI=1S/C25H27NO5S2/c1-17-7-9-18(10-8-17)16-31-20-12-11-19(14-21(20)30-2)15-22-24(29)26(25(32)33-22)13-5-3-4-6-23(27)28/h7-12,14-15H,3-6,13,16H2,1-2H3,(H,27,28)/b22-15-. The number of ether oxygens (including phenoxy) is 2. The number of thioether (sulfide) groups is 1. The molecular weight excluding hydrogens is 458 g/mol. The third-order valence-electron chi connectivity index (χ3n) is 5.15. The van der Waals surface area contributed by atoms with Crippen molar-refractivity contribution < 1.29 is 24.2 Å². The van der Waals surface area contributed by atoms with Crippen molar-refractivity contribution in [2.45, 2.75) is 39.2 Å². The van der Waals surface area contributed by atoms with Gasteiger partial charge in [0.25, 0.3) is 5.91 Å². The van der Waals surface area contributed by atoms with Gasteiger partial charge in [0, 0.05) is 13.0 Å². The van der Waals surface area contributed by atoms with Crippen LogP contribution < -0.4 is 9.47 Å². The number of thiocarbonyl (C=S) groups is 1. The van der Waals surface area contributed by atoms with Gasteiger partial charge in [-0.15, -0.1) is 0 Å². The fourth-order valence-electron chi connectivity index (χ4n) is 3.31. The summed E-state index contributed by atoms with van der Waals surface area (Å²) in [6, 6.07) is 13.7. The van der Waals surface area contributed by atoms with Crippen LogP contribution in [0.1, 0.15) is 42.4 Å². The Morgan fingerprint density at radius 2 is 1.88 bits per heavy atom. The number of amides is 1. The highest BCUT2D eigenvalue weighted by molar-refractivity contribution is 8.26. The lowest BCUT2D eigenvalue weighted by molar-refractivity contribution is -0.137. The van der Waals surface area contributed by atoms with Crippen LogP contribution in [0.15, 0.2) is 47.4 Å². The van der Waals surface area contributed by atoms with Crippen molar-refractivity contribution in [2.24, 2.45) is 0 Å². The smallest absolute Gasteiger partial charge is 0.303 e. The highest BCUT2D eigenvalue weighted by Crippen LogP contribution is 2.35. The lowest BCUT2D eigenvalue weighted by atomic mass is 10.1. The largest absolute Gasteiger partial charge is 0.493 e. The molecule has 0 saturated carbocycles. The van der Waals surface area contributed by atoms with Crippen LogP contribution in [0.4, 0.5) is 0 Å². The Morgan fingerprint density at radius 3 is 2.58 bits per heavy atom. The first-order valence-electron chi connectivity index (χ1n) is 10.7. The lowest BCUT2D eigenvalue weighted by Crippen LogP contribution is -2.29. The van der Waals surface area contributed by atoms with E-state index in [1.807, 2.05) is 49.4 Å². The Kier molecular flexibility index (Phi) is 8.91. The molecule has 0 spiro atoms. The minimum absolute atomic E-state index is 0.123. The second-order valence-electron chi connectivity index (χ2n) is 7.72. The van der Waals surface area contributed by atoms with E-state index in [-0.39, 0.29) is 12.3 Å². The summed E-state index contributed by atoms with van der Waals surface area (Å²) in [5.41, 5.74) is 3.08. The van der Waals surface area contributed by atoms with E-state index in [0.717, 1.165) is 17.5 Å². The molecule has 0 unspecified atom stereocenters. The van der Waals surface area contributed by atoms with Crippen molar-refractivity contribution in [3.63, 3.8) is 0 Å². The monoisotopic (exact) mass is 485 g/mol. The van der Waals surface area contributed by atoms with E-state index in [4.69, 9.17) is 26.8 Å². The molecule has 1 heterocycles. The number of carboxylic acid groups (broad SMARTS) is 1. The molecule has 1 aliphatic rings.